The molecule has 0 fully saturated rings. The molecule has 5 heteroatoms. The Morgan fingerprint density at radius 2 is 2.06 bits per heavy atom. The van der Waals surface area contributed by atoms with Crippen LogP contribution in [-0.2, 0) is 4.74 Å². The summed E-state index contributed by atoms with van der Waals surface area (Å²) >= 11 is 0. The monoisotopic (exact) mass is 241 g/mol. The lowest BCUT2D eigenvalue weighted by Crippen LogP contribution is -2.30. The average Bonchev–Trinajstić information content (AvgIpc) is 2.35. The van der Waals surface area contributed by atoms with E-state index in [2.05, 4.69) is 0 Å². The van der Waals surface area contributed by atoms with Gasteiger partial charge in [0.2, 0.25) is 0 Å². The van der Waals surface area contributed by atoms with E-state index in [9.17, 15) is 9.18 Å². The fourth-order valence-electron chi connectivity index (χ4n) is 1.36. The minimum Gasteiger partial charge on any atom is -0.447 e. The van der Waals surface area contributed by atoms with Crippen molar-refractivity contribution in [3.05, 3.63) is 35.6 Å². The van der Waals surface area contributed by atoms with E-state index in [1.165, 1.54) is 17.0 Å². The molecule has 1 aromatic carbocycles. The third-order valence-corrected chi connectivity index (χ3v) is 2.54. The Hall–Kier alpha value is -1.62. The van der Waals surface area contributed by atoms with Crippen LogP contribution in [0.2, 0.25) is 0 Å². The van der Waals surface area contributed by atoms with Gasteiger partial charge in [0.1, 0.15) is 12.4 Å². The molecule has 0 radical (unpaired) electrons. The van der Waals surface area contributed by atoms with Crippen LogP contribution in [0, 0.1) is 5.82 Å². The summed E-state index contributed by atoms with van der Waals surface area (Å²) in [6, 6.07) is 5.71. The average molecular weight is 241 g/mol. The SMILES string of the molecule is CC(c1ccc(F)cc1)N(C)C(=O)OCCO. The standard InChI is InChI=1S/C12H16FNO3/c1-9(10-3-5-11(13)6-4-10)14(2)12(16)17-8-7-15/h3-6,9,15H,7-8H2,1-2H3. The smallest absolute Gasteiger partial charge is 0.410 e. The van der Waals surface area contributed by atoms with E-state index in [0.717, 1.165) is 5.56 Å². The lowest BCUT2D eigenvalue weighted by Gasteiger charge is -2.24. The lowest BCUT2D eigenvalue weighted by molar-refractivity contribution is 0.0819. The minimum atomic E-state index is -0.518. The van der Waals surface area contributed by atoms with Crippen molar-refractivity contribution < 1.29 is 19.0 Å². The Morgan fingerprint density at radius 1 is 1.47 bits per heavy atom. The fraction of sp³-hybridized carbons (Fsp3) is 0.417. The molecule has 1 atom stereocenters. The highest BCUT2D eigenvalue weighted by molar-refractivity contribution is 5.67. The third-order valence-electron chi connectivity index (χ3n) is 2.54. The maximum atomic E-state index is 12.7. The van der Waals surface area contributed by atoms with Crippen LogP contribution >= 0.6 is 0 Å². The van der Waals surface area contributed by atoms with Crippen LogP contribution in [0.25, 0.3) is 0 Å². The molecule has 1 unspecified atom stereocenters. The Labute approximate surface area is 99.6 Å². The van der Waals surface area contributed by atoms with Crippen LogP contribution in [0.5, 0.6) is 0 Å². The van der Waals surface area contributed by atoms with Gasteiger partial charge in [-0.05, 0) is 24.6 Å². The molecule has 94 valence electrons. The number of benzene rings is 1. The highest BCUT2D eigenvalue weighted by atomic mass is 19.1. The number of carbonyl (C=O) groups is 1. The maximum absolute atomic E-state index is 12.7. The first-order valence-electron chi connectivity index (χ1n) is 5.32. The van der Waals surface area contributed by atoms with Crippen LogP contribution in [0.15, 0.2) is 24.3 Å². The molecule has 4 nitrogen and oxygen atoms in total. The van der Waals surface area contributed by atoms with Gasteiger partial charge >= 0.3 is 6.09 Å². The molecule has 1 amide bonds. The van der Waals surface area contributed by atoms with Crippen LogP contribution in [0.4, 0.5) is 9.18 Å². The topological polar surface area (TPSA) is 49.8 Å². The van der Waals surface area contributed by atoms with Gasteiger partial charge in [-0.25, -0.2) is 9.18 Å². The van der Waals surface area contributed by atoms with Crippen LogP contribution in [0.3, 0.4) is 0 Å². The number of hydrogen-bond acceptors (Lipinski definition) is 3. The summed E-state index contributed by atoms with van der Waals surface area (Å²) < 4.78 is 17.5. The number of ether oxygens (including phenoxy) is 1. The summed E-state index contributed by atoms with van der Waals surface area (Å²) in [5, 5.41) is 8.55. The Balaban J connectivity index is 2.65. The molecule has 0 aliphatic carbocycles. The zero-order valence-electron chi connectivity index (χ0n) is 9.89. The predicted molar refractivity (Wildman–Crippen MR) is 61.0 cm³/mol. The first kappa shape index (κ1) is 13.4. The van der Waals surface area contributed by atoms with Crippen molar-refractivity contribution >= 4 is 6.09 Å². The number of halogens is 1. The van der Waals surface area contributed by atoms with E-state index in [0.29, 0.717) is 0 Å². The summed E-state index contributed by atoms with van der Waals surface area (Å²) in [5.41, 5.74) is 0.815. The van der Waals surface area contributed by atoms with E-state index in [4.69, 9.17) is 9.84 Å². The molecule has 0 heterocycles. The molecule has 1 N–H and O–H groups in total. The Bertz CT molecular complexity index is 367. The van der Waals surface area contributed by atoms with Crippen molar-refractivity contribution in [3.8, 4) is 0 Å². The molecule has 0 saturated carbocycles. The first-order valence-corrected chi connectivity index (χ1v) is 5.32. The van der Waals surface area contributed by atoms with Gasteiger partial charge in [0, 0.05) is 7.05 Å². The van der Waals surface area contributed by atoms with E-state index in [1.807, 2.05) is 6.92 Å². The molecule has 0 aromatic heterocycles. The van der Waals surface area contributed by atoms with Crippen molar-refractivity contribution in [1.82, 2.24) is 4.90 Å². The van der Waals surface area contributed by atoms with Crippen molar-refractivity contribution in [3.63, 3.8) is 0 Å². The van der Waals surface area contributed by atoms with Crippen LogP contribution < -0.4 is 0 Å². The Morgan fingerprint density at radius 3 is 2.59 bits per heavy atom. The number of hydrogen-bond donors (Lipinski definition) is 1. The number of amides is 1. The maximum Gasteiger partial charge on any atom is 0.410 e. The largest absolute Gasteiger partial charge is 0.447 e. The lowest BCUT2D eigenvalue weighted by atomic mass is 10.1. The number of aliphatic hydroxyl groups excluding tert-OH is 1. The van der Waals surface area contributed by atoms with E-state index < -0.39 is 6.09 Å². The predicted octanol–water partition coefficient (Wildman–Crippen LogP) is 1.95. The Kier molecular flexibility index (Phi) is 4.90. The fourth-order valence-corrected chi connectivity index (χ4v) is 1.36. The quantitative estimate of drug-likeness (QED) is 0.876. The molecule has 17 heavy (non-hydrogen) atoms. The molecular formula is C12H16FNO3. The summed E-state index contributed by atoms with van der Waals surface area (Å²) in [7, 11) is 1.59. The summed E-state index contributed by atoms with van der Waals surface area (Å²) in [4.78, 5) is 12.9. The van der Waals surface area contributed by atoms with Gasteiger partial charge in [0.15, 0.2) is 0 Å². The molecule has 0 bridgehead atoms. The van der Waals surface area contributed by atoms with E-state index in [1.54, 1.807) is 19.2 Å². The first-order chi connectivity index (χ1) is 8.06. The minimum absolute atomic E-state index is 0.0285. The van der Waals surface area contributed by atoms with Gasteiger partial charge in [-0.15, -0.1) is 0 Å². The van der Waals surface area contributed by atoms with Crippen molar-refractivity contribution in [2.24, 2.45) is 0 Å². The van der Waals surface area contributed by atoms with Crippen molar-refractivity contribution in [2.75, 3.05) is 20.3 Å². The number of aliphatic hydroxyl groups is 1. The summed E-state index contributed by atoms with van der Waals surface area (Å²) in [6.45, 7) is 1.58. The summed E-state index contributed by atoms with van der Waals surface area (Å²) in [6.07, 6.45) is -0.518. The van der Waals surface area contributed by atoms with Gasteiger partial charge in [0.05, 0.1) is 12.6 Å². The molecule has 1 rings (SSSR count). The number of nitrogens with zero attached hydrogens (tertiary/aromatic N) is 1. The van der Waals surface area contributed by atoms with E-state index >= 15 is 0 Å². The zero-order valence-corrected chi connectivity index (χ0v) is 9.89. The molecule has 0 spiro atoms. The van der Waals surface area contributed by atoms with Crippen LogP contribution in [-0.4, -0.2) is 36.4 Å². The molecule has 1 aromatic rings. The number of carbonyl (C=O) groups excluding carboxylic acids is 1. The van der Waals surface area contributed by atoms with Gasteiger partial charge in [-0.1, -0.05) is 12.1 Å². The highest BCUT2D eigenvalue weighted by Gasteiger charge is 2.18. The molecule has 0 aliphatic heterocycles. The van der Waals surface area contributed by atoms with E-state index in [-0.39, 0.29) is 25.1 Å². The van der Waals surface area contributed by atoms with Gasteiger partial charge < -0.3 is 14.7 Å². The third kappa shape index (κ3) is 3.71. The normalized spacial score (nSPS) is 12.0. The van der Waals surface area contributed by atoms with Crippen LogP contribution in [0.1, 0.15) is 18.5 Å². The molecular weight excluding hydrogens is 225 g/mol. The zero-order chi connectivity index (χ0) is 12.8. The summed E-state index contributed by atoms with van der Waals surface area (Å²) in [5.74, 6) is -0.313. The second-order valence-corrected chi connectivity index (χ2v) is 3.68. The van der Waals surface area contributed by atoms with Gasteiger partial charge in [-0.3, -0.25) is 0 Å². The van der Waals surface area contributed by atoms with Crippen molar-refractivity contribution in [2.45, 2.75) is 13.0 Å². The second-order valence-electron chi connectivity index (χ2n) is 3.68. The molecule has 0 saturated heterocycles. The van der Waals surface area contributed by atoms with Gasteiger partial charge in [0.25, 0.3) is 0 Å². The number of rotatable bonds is 4. The van der Waals surface area contributed by atoms with Crippen molar-refractivity contribution in [1.29, 1.82) is 0 Å². The molecule has 0 aliphatic rings. The second kappa shape index (κ2) is 6.20. The van der Waals surface area contributed by atoms with Gasteiger partial charge in [-0.2, -0.15) is 0 Å². The highest BCUT2D eigenvalue weighted by Crippen LogP contribution is 2.19.